The number of benzene rings is 3. The smallest absolute Gasteiger partial charge is 0.326 e. The maximum Gasteiger partial charge on any atom is 0.326 e. The first kappa shape index (κ1) is 40.4. The number of nitrogens with one attached hydrogen (secondary N) is 4. The molecule has 9 N–H and O–H groups in total. The van der Waals surface area contributed by atoms with Crippen LogP contribution < -0.4 is 32.7 Å². The summed E-state index contributed by atoms with van der Waals surface area (Å²) >= 11 is 0. The maximum atomic E-state index is 14.0. The summed E-state index contributed by atoms with van der Waals surface area (Å²) in [5.74, 6) is -3.61. The van der Waals surface area contributed by atoms with E-state index in [1.54, 1.807) is 0 Å². The van der Waals surface area contributed by atoms with E-state index in [4.69, 9.17) is 11.5 Å². The van der Waals surface area contributed by atoms with Gasteiger partial charge in [-0.3, -0.25) is 19.2 Å². The molecule has 12 heteroatoms. The second-order valence-corrected chi connectivity index (χ2v) is 13.2. The third-order valence-electron chi connectivity index (χ3n) is 8.37. The standard InChI is InChI=1S/C39H52N6O6/c1-26(2)22-32(36(47)42-31(39(50)51)20-12-13-21-40)44-38(49)34(25-29-18-10-5-11-19-29)45-37(48)33(24-28-16-8-4-9-17-28)43-35(46)30(41)23-27-14-6-3-7-15-27/h3-11,14-19,26,30-34H,12-13,20-25,40-41H2,1-2H3,(H,42,47)(H,43,46)(H,44,49)(H,45,48)(H,50,51)/t30-,31-,32-,33-,34-/m1/s1. The molecular formula is C39H52N6O6. The van der Waals surface area contributed by atoms with Gasteiger partial charge in [-0.2, -0.15) is 0 Å². The number of hydrogen-bond acceptors (Lipinski definition) is 7. The van der Waals surface area contributed by atoms with Crippen LogP contribution in [0.1, 0.15) is 56.2 Å². The fourth-order valence-electron chi connectivity index (χ4n) is 5.63. The highest BCUT2D eigenvalue weighted by Gasteiger charge is 2.32. The first-order chi connectivity index (χ1) is 24.5. The number of carbonyl (C=O) groups excluding carboxylic acids is 4. The van der Waals surface area contributed by atoms with Crippen molar-refractivity contribution in [2.75, 3.05) is 6.54 Å². The number of carbonyl (C=O) groups is 5. The molecule has 0 fully saturated rings. The van der Waals surface area contributed by atoms with Crippen molar-refractivity contribution >= 4 is 29.6 Å². The van der Waals surface area contributed by atoms with E-state index in [0.717, 1.165) is 16.7 Å². The second kappa shape index (κ2) is 21.2. The first-order valence-electron chi connectivity index (χ1n) is 17.5. The van der Waals surface area contributed by atoms with Crippen LogP contribution in [0.15, 0.2) is 91.0 Å². The molecular weight excluding hydrogens is 648 g/mol. The average Bonchev–Trinajstić information content (AvgIpc) is 3.11. The second-order valence-electron chi connectivity index (χ2n) is 13.2. The molecule has 5 atom stereocenters. The molecule has 0 saturated heterocycles. The molecule has 274 valence electrons. The molecule has 0 saturated carbocycles. The minimum Gasteiger partial charge on any atom is -0.480 e. The predicted octanol–water partition coefficient (Wildman–Crippen LogP) is 2.24. The number of aliphatic carboxylic acids is 1. The van der Waals surface area contributed by atoms with Crippen LogP contribution in [0.5, 0.6) is 0 Å². The van der Waals surface area contributed by atoms with Crippen LogP contribution >= 0.6 is 0 Å². The highest BCUT2D eigenvalue weighted by Crippen LogP contribution is 2.11. The van der Waals surface area contributed by atoms with E-state index in [1.165, 1.54) is 0 Å². The zero-order valence-electron chi connectivity index (χ0n) is 29.4. The van der Waals surface area contributed by atoms with Crippen LogP contribution in [0, 0.1) is 5.92 Å². The lowest BCUT2D eigenvalue weighted by atomic mass is 9.99. The quantitative estimate of drug-likeness (QED) is 0.0819. The van der Waals surface area contributed by atoms with Gasteiger partial charge in [0.15, 0.2) is 0 Å². The number of rotatable bonds is 21. The van der Waals surface area contributed by atoms with Crippen LogP contribution in [-0.4, -0.2) is 71.5 Å². The molecule has 0 aromatic heterocycles. The molecule has 4 amide bonds. The largest absolute Gasteiger partial charge is 0.480 e. The lowest BCUT2D eigenvalue weighted by Crippen LogP contribution is -2.59. The fraction of sp³-hybridized carbons (Fsp3) is 0.410. The van der Waals surface area contributed by atoms with Crippen molar-refractivity contribution in [2.45, 2.75) is 89.0 Å². The van der Waals surface area contributed by atoms with E-state index >= 15 is 0 Å². The molecule has 0 heterocycles. The Kier molecular flexibility index (Phi) is 16.8. The van der Waals surface area contributed by atoms with Gasteiger partial charge in [-0.25, -0.2) is 4.79 Å². The van der Waals surface area contributed by atoms with Gasteiger partial charge in [0.05, 0.1) is 6.04 Å². The summed E-state index contributed by atoms with van der Waals surface area (Å²) in [7, 11) is 0. The Balaban J connectivity index is 1.84. The minimum atomic E-state index is -1.18. The van der Waals surface area contributed by atoms with Gasteiger partial charge in [-0.05, 0) is 61.3 Å². The van der Waals surface area contributed by atoms with Gasteiger partial charge in [0.2, 0.25) is 23.6 Å². The van der Waals surface area contributed by atoms with Crippen LogP contribution in [0.4, 0.5) is 0 Å². The van der Waals surface area contributed by atoms with Crippen molar-refractivity contribution in [3.05, 3.63) is 108 Å². The Bertz CT molecular complexity index is 1540. The highest BCUT2D eigenvalue weighted by atomic mass is 16.4. The first-order valence-corrected chi connectivity index (χ1v) is 17.5. The van der Waals surface area contributed by atoms with E-state index < -0.39 is 59.8 Å². The number of carboxylic acid groups (broad SMARTS) is 1. The van der Waals surface area contributed by atoms with Crippen LogP contribution in [0.2, 0.25) is 0 Å². The number of nitrogens with two attached hydrogens (primary N) is 2. The van der Waals surface area contributed by atoms with Crippen LogP contribution in [0.3, 0.4) is 0 Å². The van der Waals surface area contributed by atoms with Gasteiger partial charge in [-0.15, -0.1) is 0 Å². The lowest BCUT2D eigenvalue weighted by molar-refractivity contribution is -0.142. The van der Waals surface area contributed by atoms with Gasteiger partial charge < -0.3 is 37.8 Å². The zero-order chi connectivity index (χ0) is 37.2. The topological polar surface area (TPSA) is 206 Å². The average molecular weight is 701 g/mol. The van der Waals surface area contributed by atoms with Crippen LogP contribution in [-0.2, 0) is 43.2 Å². The van der Waals surface area contributed by atoms with Crippen molar-refractivity contribution in [1.29, 1.82) is 0 Å². The van der Waals surface area contributed by atoms with E-state index in [9.17, 15) is 29.1 Å². The normalized spacial score (nSPS) is 14.0. The Hall–Kier alpha value is -5.07. The minimum absolute atomic E-state index is 0.0331. The van der Waals surface area contributed by atoms with Crippen molar-refractivity contribution in [1.82, 2.24) is 21.3 Å². The molecule has 3 rings (SSSR count). The summed E-state index contributed by atoms with van der Waals surface area (Å²) in [5, 5.41) is 20.7. The van der Waals surface area contributed by atoms with Gasteiger partial charge in [-0.1, -0.05) is 105 Å². The maximum absolute atomic E-state index is 14.0. The van der Waals surface area contributed by atoms with Crippen molar-refractivity contribution in [3.63, 3.8) is 0 Å². The summed E-state index contributed by atoms with van der Waals surface area (Å²) < 4.78 is 0. The summed E-state index contributed by atoms with van der Waals surface area (Å²) in [4.78, 5) is 66.7. The molecule has 0 aliphatic carbocycles. The molecule has 0 radical (unpaired) electrons. The van der Waals surface area contributed by atoms with Crippen molar-refractivity contribution < 1.29 is 29.1 Å². The Morgan fingerprint density at radius 1 is 0.569 bits per heavy atom. The predicted molar refractivity (Wildman–Crippen MR) is 196 cm³/mol. The van der Waals surface area contributed by atoms with Crippen molar-refractivity contribution in [3.8, 4) is 0 Å². The molecule has 0 unspecified atom stereocenters. The molecule has 51 heavy (non-hydrogen) atoms. The van der Waals surface area contributed by atoms with E-state index in [1.807, 2.05) is 105 Å². The van der Waals surface area contributed by atoms with Gasteiger partial charge in [0, 0.05) is 12.8 Å². The van der Waals surface area contributed by atoms with Crippen LogP contribution in [0.25, 0.3) is 0 Å². The fourth-order valence-corrected chi connectivity index (χ4v) is 5.63. The Morgan fingerprint density at radius 2 is 0.961 bits per heavy atom. The third kappa shape index (κ3) is 14.4. The van der Waals surface area contributed by atoms with E-state index in [-0.39, 0.29) is 38.0 Å². The monoisotopic (exact) mass is 700 g/mol. The highest BCUT2D eigenvalue weighted by molar-refractivity contribution is 5.95. The Labute approximate surface area is 300 Å². The molecule has 3 aromatic carbocycles. The van der Waals surface area contributed by atoms with E-state index in [2.05, 4.69) is 21.3 Å². The molecule has 3 aromatic rings. The van der Waals surface area contributed by atoms with Gasteiger partial charge >= 0.3 is 5.97 Å². The van der Waals surface area contributed by atoms with Gasteiger partial charge in [0.1, 0.15) is 24.2 Å². The molecule has 12 nitrogen and oxygen atoms in total. The molecule has 0 bridgehead atoms. The summed E-state index contributed by atoms with van der Waals surface area (Å²) in [6.07, 6.45) is 2.03. The number of carboxylic acids is 1. The summed E-state index contributed by atoms with van der Waals surface area (Å²) in [6.45, 7) is 4.16. The third-order valence-corrected chi connectivity index (χ3v) is 8.37. The zero-order valence-corrected chi connectivity index (χ0v) is 29.4. The molecule has 0 spiro atoms. The van der Waals surface area contributed by atoms with Crippen molar-refractivity contribution in [2.24, 2.45) is 17.4 Å². The Morgan fingerprint density at radius 3 is 1.39 bits per heavy atom. The van der Waals surface area contributed by atoms with Gasteiger partial charge in [0.25, 0.3) is 0 Å². The number of unbranched alkanes of at least 4 members (excludes halogenated alkanes) is 1. The summed E-state index contributed by atoms with van der Waals surface area (Å²) in [6, 6.07) is 22.2. The molecule has 0 aliphatic heterocycles. The number of hydrogen-bond donors (Lipinski definition) is 7. The number of amides is 4. The molecule has 0 aliphatic rings. The van der Waals surface area contributed by atoms with E-state index in [0.29, 0.717) is 19.4 Å². The SMILES string of the molecule is CC(C)C[C@@H](NC(=O)[C@@H](Cc1ccccc1)NC(=O)[C@@H](Cc1ccccc1)NC(=O)[C@H](N)Cc1ccccc1)C(=O)N[C@H](CCCCN)C(=O)O. The lowest BCUT2D eigenvalue weighted by Gasteiger charge is -2.27. The summed E-state index contributed by atoms with van der Waals surface area (Å²) in [5.41, 5.74) is 14.2.